The second-order valence-electron chi connectivity index (χ2n) is 5.13. The Morgan fingerprint density at radius 2 is 2.20 bits per heavy atom. The van der Waals surface area contributed by atoms with Gasteiger partial charge in [-0.3, -0.25) is 9.89 Å². The highest BCUT2D eigenvalue weighted by Gasteiger charge is 2.14. The molecular weight excluding hydrogens is 254 g/mol. The standard InChI is InChI=1S/C15H19N3O2/c1-10(2)14(19)7-15(20)18-13-5-3-4-11(6-13)12-8-16-17-9-12/h3-6,8-10,14,19H,7H2,1-2H3,(H,16,17)(H,18,20)/t14-/m0/s1. The fraction of sp³-hybridized carbons (Fsp3) is 0.333. The number of amides is 1. The summed E-state index contributed by atoms with van der Waals surface area (Å²) in [6, 6.07) is 7.52. The van der Waals surface area contributed by atoms with Crippen LogP contribution in [0.25, 0.3) is 11.1 Å². The largest absolute Gasteiger partial charge is 0.392 e. The van der Waals surface area contributed by atoms with Gasteiger partial charge in [0.25, 0.3) is 0 Å². The van der Waals surface area contributed by atoms with Crippen LogP contribution in [0.2, 0.25) is 0 Å². The third-order valence-electron chi connectivity index (χ3n) is 3.14. The number of hydrogen-bond acceptors (Lipinski definition) is 3. The Morgan fingerprint density at radius 3 is 2.85 bits per heavy atom. The zero-order valence-corrected chi connectivity index (χ0v) is 11.6. The Bertz CT molecular complexity index is 564. The normalized spacial score (nSPS) is 12.4. The summed E-state index contributed by atoms with van der Waals surface area (Å²) in [5.74, 6) is -0.117. The molecule has 5 heteroatoms. The van der Waals surface area contributed by atoms with E-state index >= 15 is 0 Å². The van der Waals surface area contributed by atoms with E-state index in [1.165, 1.54) is 0 Å². The van der Waals surface area contributed by atoms with Gasteiger partial charge in [0.1, 0.15) is 0 Å². The monoisotopic (exact) mass is 273 g/mol. The van der Waals surface area contributed by atoms with Crippen LogP contribution in [-0.2, 0) is 4.79 Å². The highest BCUT2D eigenvalue weighted by atomic mass is 16.3. The van der Waals surface area contributed by atoms with Crippen molar-refractivity contribution in [3.63, 3.8) is 0 Å². The second-order valence-corrected chi connectivity index (χ2v) is 5.13. The molecule has 20 heavy (non-hydrogen) atoms. The quantitative estimate of drug-likeness (QED) is 0.783. The number of rotatable bonds is 5. The topological polar surface area (TPSA) is 78.0 Å². The van der Waals surface area contributed by atoms with E-state index in [1.807, 2.05) is 38.1 Å². The summed E-state index contributed by atoms with van der Waals surface area (Å²) in [5.41, 5.74) is 2.65. The van der Waals surface area contributed by atoms with Crippen molar-refractivity contribution in [2.75, 3.05) is 5.32 Å². The predicted molar refractivity (Wildman–Crippen MR) is 78.1 cm³/mol. The zero-order chi connectivity index (χ0) is 14.5. The number of nitrogens with zero attached hydrogens (tertiary/aromatic N) is 1. The molecule has 1 amide bonds. The van der Waals surface area contributed by atoms with Crippen LogP contribution in [0.5, 0.6) is 0 Å². The first-order valence-corrected chi connectivity index (χ1v) is 6.63. The van der Waals surface area contributed by atoms with Gasteiger partial charge in [0.2, 0.25) is 5.91 Å². The Morgan fingerprint density at radius 1 is 1.40 bits per heavy atom. The lowest BCUT2D eigenvalue weighted by atomic mass is 10.0. The van der Waals surface area contributed by atoms with E-state index in [9.17, 15) is 9.90 Å². The van der Waals surface area contributed by atoms with Crippen molar-refractivity contribution in [1.82, 2.24) is 10.2 Å². The van der Waals surface area contributed by atoms with Crippen molar-refractivity contribution < 1.29 is 9.90 Å². The number of carbonyl (C=O) groups excluding carboxylic acids is 1. The summed E-state index contributed by atoms with van der Waals surface area (Å²) in [5, 5.41) is 19.2. The minimum Gasteiger partial charge on any atom is -0.392 e. The van der Waals surface area contributed by atoms with Gasteiger partial charge in [-0.15, -0.1) is 0 Å². The molecule has 0 aliphatic rings. The molecule has 106 valence electrons. The molecule has 5 nitrogen and oxygen atoms in total. The molecule has 0 bridgehead atoms. The summed E-state index contributed by atoms with van der Waals surface area (Å²) < 4.78 is 0. The van der Waals surface area contributed by atoms with E-state index < -0.39 is 6.10 Å². The van der Waals surface area contributed by atoms with Crippen LogP contribution in [0.4, 0.5) is 5.69 Å². The van der Waals surface area contributed by atoms with Crippen molar-refractivity contribution in [2.45, 2.75) is 26.4 Å². The average Bonchev–Trinajstić information content (AvgIpc) is 2.92. The molecule has 0 radical (unpaired) electrons. The van der Waals surface area contributed by atoms with Gasteiger partial charge in [0, 0.05) is 17.4 Å². The lowest BCUT2D eigenvalue weighted by molar-refractivity contribution is -0.118. The van der Waals surface area contributed by atoms with Gasteiger partial charge in [0.05, 0.1) is 18.7 Å². The Kier molecular flexibility index (Phi) is 4.53. The fourth-order valence-electron chi connectivity index (χ4n) is 1.82. The minimum atomic E-state index is -0.618. The lowest BCUT2D eigenvalue weighted by Gasteiger charge is -2.14. The van der Waals surface area contributed by atoms with Crippen LogP contribution in [0.3, 0.4) is 0 Å². The molecule has 1 atom stereocenters. The first-order valence-electron chi connectivity index (χ1n) is 6.63. The van der Waals surface area contributed by atoms with Crippen LogP contribution in [0.15, 0.2) is 36.7 Å². The number of anilines is 1. The highest BCUT2D eigenvalue weighted by Crippen LogP contribution is 2.21. The summed E-state index contributed by atoms with van der Waals surface area (Å²) in [6.45, 7) is 3.77. The Hall–Kier alpha value is -2.14. The number of nitrogens with one attached hydrogen (secondary N) is 2. The summed E-state index contributed by atoms with van der Waals surface area (Å²) in [7, 11) is 0. The molecule has 0 unspecified atom stereocenters. The first kappa shape index (κ1) is 14.3. The van der Waals surface area contributed by atoms with Gasteiger partial charge in [-0.2, -0.15) is 5.10 Å². The number of aliphatic hydroxyl groups excluding tert-OH is 1. The van der Waals surface area contributed by atoms with Gasteiger partial charge in [0.15, 0.2) is 0 Å². The van der Waals surface area contributed by atoms with Crippen molar-refractivity contribution in [1.29, 1.82) is 0 Å². The van der Waals surface area contributed by atoms with Crippen molar-refractivity contribution in [3.05, 3.63) is 36.7 Å². The SMILES string of the molecule is CC(C)[C@@H](O)CC(=O)Nc1cccc(-c2cn[nH]c2)c1. The minimum absolute atomic E-state index is 0.0676. The van der Waals surface area contributed by atoms with Crippen molar-refractivity contribution in [2.24, 2.45) is 5.92 Å². The van der Waals surface area contributed by atoms with Gasteiger partial charge in [-0.25, -0.2) is 0 Å². The van der Waals surface area contributed by atoms with Crippen molar-refractivity contribution >= 4 is 11.6 Å². The number of H-pyrrole nitrogens is 1. The molecule has 3 N–H and O–H groups in total. The van der Waals surface area contributed by atoms with E-state index in [1.54, 1.807) is 12.4 Å². The average molecular weight is 273 g/mol. The summed E-state index contributed by atoms with van der Waals surface area (Å²) >= 11 is 0. The van der Waals surface area contributed by atoms with E-state index in [4.69, 9.17) is 0 Å². The first-order chi connectivity index (χ1) is 9.56. The molecule has 2 rings (SSSR count). The Labute approximate surface area is 118 Å². The Balaban J connectivity index is 2.03. The zero-order valence-electron chi connectivity index (χ0n) is 11.6. The van der Waals surface area contributed by atoms with Gasteiger partial charge in [-0.05, 0) is 23.6 Å². The molecule has 0 aliphatic carbocycles. The van der Waals surface area contributed by atoms with Crippen LogP contribution in [-0.4, -0.2) is 27.3 Å². The fourth-order valence-corrected chi connectivity index (χ4v) is 1.82. The van der Waals surface area contributed by atoms with Crippen LogP contribution < -0.4 is 5.32 Å². The van der Waals surface area contributed by atoms with Gasteiger partial charge in [-0.1, -0.05) is 26.0 Å². The molecule has 0 aliphatic heterocycles. The maximum Gasteiger partial charge on any atom is 0.226 e. The number of aliphatic hydroxyl groups is 1. The van der Waals surface area contributed by atoms with E-state index in [2.05, 4.69) is 15.5 Å². The molecule has 0 saturated carbocycles. The lowest BCUT2D eigenvalue weighted by Crippen LogP contribution is -2.23. The second kappa shape index (κ2) is 6.34. The smallest absolute Gasteiger partial charge is 0.226 e. The van der Waals surface area contributed by atoms with Crippen LogP contribution in [0, 0.1) is 5.92 Å². The number of aromatic nitrogens is 2. The summed E-state index contributed by atoms with van der Waals surface area (Å²) in [6.07, 6.45) is 3.01. The molecule has 0 saturated heterocycles. The molecule has 1 aromatic heterocycles. The van der Waals surface area contributed by atoms with Crippen molar-refractivity contribution in [3.8, 4) is 11.1 Å². The van der Waals surface area contributed by atoms with E-state index in [-0.39, 0.29) is 18.2 Å². The molecular formula is C15H19N3O2. The number of aromatic amines is 1. The molecule has 0 spiro atoms. The molecule has 0 fully saturated rings. The highest BCUT2D eigenvalue weighted by molar-refractivity contribution is 5.91. The van der Waals surface area contributed by atoms with E-state index in [0.717, 1.165) is 11.1 Å². The van der Waals surface area contributed by atoms with E-state index in [0.29, 0.717) is 5.69 Å². The molecule has 1 aromatic carbocycles. The third kappa shape index (κ3) is 3.68. The maximum absolute atomic E-state index is 11.8. The molecule has 1 heterocycles. The third-order valence-corrected chi connectivity index (χ3v) is 3.14. The van der Waals surface area contributed by atoms with Crippen LogP contribution in [0.1, 0.15) is 20.3 Å². The number of benzene rings is 1. The van der Waals surface area contributed by atoms with Crippen LogP contribution >= 0.6 is 0 Å². The number of hydrogen-bond donors (Lipinski definition) is 3. The summed E-state index contributed by atoms with van der Waals surface area (Å²) in [4.78, 5) is 11.8. The predicted octanol–water partition coefficient (Wildman–Crippen LogP) is 2.42. The van der Waals surface area contributed by atoms with Gasteiger partial charge < -0.3 is 10.4 Å². The molecule has 2 aromatic rings. The maximum atomic E-state index is 11.8. The number of carbonyl (C=O) groups is 1. The van der Waals surface area contributed by atoms with Gasteiger partial charge >= 0.3 is 0 Å².